The molecule has 10 heteroatoms. The molecule has 1 atom stereocenters. The third-order valence-electron chi connectivity index (χ3n) is 4.09. The van der Waals surface area contributed by atoms with Crippen LogP contribution in [-0.2, 0) is 20.7 Å². The van der Waals surface area contributed by atoms with Crippen LogP contribution in [0.1, 0.15) is 39.7 Å². The SMILES string of the molecule is CCOC(=O)Oc1ccc(CCNC(=O)[C@H](CCSC)NC(C)C)cc1OC(=O)OCC. The van der Waals surface area contributed by atoms with E-state index in [0.717, 1.165) is 17.7 Å². The van der Waals surface area contributed by atoms with Crippen molar-refractivity contribution in [1.82, 2.24) is 10.6 Å². The van der Waals surface area contributed by atoms with E-state index in [0.29, 0.717) is 13.0 Å². The van der Waals surface area contributed by atoms with E-state index >= 15 is 0 Å². The van der Waals surface area contributed by atoms with E-state index < -0.39 is 12.3 Å². The molecule has 0 heterocycles. The number of carbonyl (C=O) groups is 3. The van der Waals surface area contributed by atoms with Gasteiger partial charge in [-0.05, 0) is 56.4 Å². The maximum Gasteiger partial charge on any atom is 0.513 e. The number of hydrogen-bond acceptors (Lipinski definition) is 9. The molecule has 0 fully saturated rings. The predicted molar refractivity (Wildman–Crippen MR) is 124 cm³/mol. The zero-order chi connectivity index (χ0) is 23.9. The van der Waals surface area contributed by atoms with Gasteiger partial charge in [-0.2, -0.15) is 11.8 Å². The molecule has 1 aromatic carbocycles. The van der Waals surface area contributed by atoms with Crippen LogP contribution in [0.5, 0.6) is 11.5 Å². The van der Waals surface area contributed by atoms with Crippen molar-refractivity contribution in [3.8, 4) is 11.5 Å². The smallest absolute Gasteiger partial charge is 0.434 e. The highest BCUT2D eigenvalue weighted by Crippen LogP contribution is 2.29. The van der Waals surface area contributed by atoms with Crippen LogP contribution in [0.3, 0.4) is 0 Å². The Kier molecular flexibility index (Phi) is 13.2. The molecule has 2 N–H and O–H groups in total. The molecule has 0 aliphatic carbocycles. The summed E-state index contributed by atoms with van der Waals surface area (Å²) < 4.78 is 19.8. The largest absolute Gasteiger partial charge is 0.513 e. The number of benzene rings is 1. The first-order valence-corrected chi connectivity index (χ1v) is 12.0. The molecule has 1 amide bonds. The van der Waals surface area contributed by atoms with Gasteiger partial charge in [-0.1, -0.05) is 19.9 Å². The molecule has 0 saturated heterocycles. The number of ether oxygens (including phenoxy) is 4. The fourth-order valence-electron chi connectivity index (χ4n) is 2.73. The molecule has 9 nitrogen and oxygen atoms in total. The molecule has 0 aliphatic rings. The fourth-order valence-corrected chi connectivity index (χ4v) is 3.20. The van der Waals surface area contributed by atoms with E-state index in [4.69, 9.17) is 18.9 Å². The Morgan fingerprint density at radius 3 is 2.19 bits per heavy atom. The van der Waals surface area contributed by atoms with E-state index in [1.807, 2.05) is 20.1 Å². The molecule has 0 spiro atoms. The van der Waals surface area contributed by atoms with Gasteiger partial charge in [0.05, 0.1) is 19.3 Å². The zero-order valence-electron chi connectivity index (χ0n) is 19.4. The first-order valence-electron chi connectivity index (χ1n) is 10.6. The highest BCUT2D eigenvalue weighted by atomic mass is 32.2. The topological polar surface area (TPSA) is 112 Å². The summed E-state index contributed by atoms with van der Waals surface area (Å²) in [5.41, 5.74) is 0.776. The Hall–Kier alpha value is -2.46. The van der Waals surface area contributed by atoms with Gasteiger partial charge in [0.2, 0.25) is 5.91 Å². The molecule has 0 radical (unpaired) electrons. The zero-order valence-corrected chi connectivity index (χ0v) is 20.2. The number of carbonyl (C=O) groups excluding carboxylic acids is 3. The van der Waals surface area contributed by atoms with Crippen LogP contribution in [-0.4, -0.2) is 62.1 Å². The monoisotopic (exact) mass is 470 g/mol. The number of rotatable bonds is 13. The van der Waals surface area contributed by atoms with E-state index in [-0.39, 0.29) is 42.7 Å². The summed E-state index contributed by atoms with van der Waals surface area (Å²) >= 11 is 1.70. The third kappa shape index (κ3) is 10.7. The second kappa shape index (κ2) is 15.4. The number of thioether (sulfide) groups is 1. The molecule has 1 rings (SSSR count). The summed E-state index contributed by atoms with van der Waals surface area (Å²) in [5.74, 6) is 0.883. The van der Waals surface area contributed by atoms with Gasteiger partial charge in [-0.25, -0.2) is 9.59 Å². The third-order valence-corrected chi connectivity index (χ3v) is 4.74. The van der Waals surface area contributed by atoms with Crippen molar-refractivity contribution in [2.24, 2.45) is 0 Å². The van der Waals surface area contributed by atoms with Crippen LogP contribution >= 0.6 is 11.8 Å². The molecule has 0 aromatic heterocycles. The molecule has 1 aromatic rings. The van der Waals surface area contributed by atoms with Gasteiger partial charge in [0.1, 0.15) is 0 Å². The first-order chi connectivity index (χ1) is 15.3. The van der Waals surface area contributed by atoms with Gasteiger partial charge in [-0.3, -0.25) is 4.79 Å². The maximum atomic E-state index is 12.6. The molecule has 0 bridgehead atoms. The Bertz CT molecular complexity index is 743. The average Bonchev–Trinajstić information content (AvgIpc) is 2.72. The van der Waals surface area contributed by atoms with E-state index in [9.17, 15) is 14.4 Å². The van der Waals surface area contributed by atoms with Gasteiger partial charge in [-0.15, -0.1) is 0 Å². The quantitative estimate of drug-likeness (QED) is 0.330. The summed E-state index contributed by atoms with van der Waals surface area (Å²) in [6.07, 6.45) is 1.41. The Labute approximate surface area is 193 Å². The molecule has 0 saturated carbocycles. The standard InChI is InChI=1S/C22H34N2O7S/c1-6-28-21(26)30-18-9-8-16(14-19(18)31-22(27)29-7-2)10-12-23-20(25)17(11-13-32-5)24-15(3)4/h8-9,14-15,17,24H,6-7,10-13H2,1-5H3,(H,23,25)/t17-/m0/s1. The molecule has 32 heavy (non-hydrogen) atoms. The second-order valence-corrected chi connectivity index (χ2v) is 8.03. The lowest BCUT2D eigenvalue weighted by Gasteiger charge is -2.20. The van der Waals surface area contributed by atoms with Crippen molar-refractivity contribution in [2.75, 3.05) is 31.8 Å². The van der Waals surface area contributed by atoms with Crippen LogP contribution in [0.4, 0.5) is 9.59 Å². The summed E-state index contributed by atoms with van der Waals surface area (Å²) in [6, 6.07) is 4.73. The van der Waals surface area contributed by atoms with Crippen LogP contribution < -0.4 is 20.1 Å². The minimum absolute atomic E-state index is 0.0275. The Morgan fingerprint density at radius 2 is 1.62 bits per heavy atom. The first kappa shape index (κ1) is 27.6. The minimum atomic E-state index is -0.914. The minimum Gasteiger partial charge on any atom is -0.434 e. The van der Waals surface area contributed by atoms with Crippen LogP contribution in [0, 0.1) is 0 Å². The summed E-state index contributed by atoms with van der Waals surface area (Å²) in [6.45, 7) is 7.99. The van der Waals surface area contributed by atoms with Crippen molar-refractivity contribution < 1.29 is 33.3 Å². The van der Waals surface area contributed by atoms with Crippen molar-refractivity contribution in [3.05, 3.63) is 23.8 Å². The lowest BCUT2D eigenvalue weighted by molar-refractivity contribution is -0.123. The Morgan fingerprint density at radius 1 is 1.00 bits per heavy atom. The number of nitrogens with one attached hydrogen (secondary N) is 2. The predicted octanol–water partition coefficient (Wildman–Crippen LogP) is 3.54. The van der Waals surface area contributed by atoms with Crippen molar-refractivity contribution in [1.29, 1.82) is 0 Å². The molecular formula is C22H34N2O7S. The highest BCUT2D eigenvalue weighted by Gasteiger charge is 2.19. The van der Waals surface area contributed by atoms with Gasteiger partial charge in [0.15, 0.2) is 11.5 Å². The highest BCUT2D eigenvalue weighted by molar-refractivity contribution is 7.98. The van der Waals surface area contributed by atoms with Crippen molar-refractivity contribution in [3.63, 3.8) is 0 Å². The fraction of sp³-hybridized carbons (Fsp3) is 0.591. The van der Waals surface area contributed by atoms with Gasteiger partial charge in [0.25, 0.3) is 0 Å². The van der Waals surface area contributed by atoms with E-state index in [1.165, 1.54) is 6.07 Å². The normalized spacial score (nSPS) is 11.6. The lowest BCUT2D eigenvalue weighted by Crippen LogP contribution is -2.47. The van der Waals surface area contributed by atoms with Gasteiger partial charge < -0.3 is 29.6 Å². The molecular weight excluding hydrogens is 436 g/mol. The van der Waals surface area contributed by atoms with Crippen molar-refractivity contribution >= 4 is 30.0 Å². The van der Waals surface area contributed by atoms with E-state index in [1.54, 1.807) is 37.7 Å². The molecule has 0 unspecified atom stereocenters. The average molecular weight is 471 g/mol. The van der Waals surface area contributed by atoms with Crippen LogP contribution in [0.15, 0.2) is 18.2 Å². The van der Waals surface area contributed by atoms with Crippen molar-refractivity contribution in [2.45, 2.75) is 52.6 Å². The maximum absolute atomic E-state index is 12.6. The Balaban J connectivity index is 2.81. The summed E-state index contributed by atoms with van der Waals surface area (Å²) in [5, 5.41) is 6.23. The van der Waals surface area contributed by atoms with Gasteiger partial charge in [0, 0.05) is 12.6 Å². The summed E-state index contributed by atoms with van der Waals surface area (Å²) in [7, 11) is 0. The number of hydrogen-bond donors (Lipinski definition) is 2. The van der Waals surface area contributed by atoms with Crippen LogP contribution in [0.2, 0.25) is 0 Å². The second-order valence-electron chi connectivity index (χ2n) is 7.05. The molecule has 180 valence electrons. The molecule has 0 aliphatic heterocycles. The van der Waals surface area contributed by atoms with Crippen LogP contribution in [0.25, 0.3) is 0 Å². The summed E-state index contributed by atoms with van der Waals surface area (Å²) in [4.78, 5) is 36.0. The van der Waals surface area contributed by atoms with E-state index in [2.05, 4.69) is 10.6 Å². The van der Waals surface area contributed by atoms with Gasteiger partial charge >= 0.3 is 12.3 Å². The number of amides is 1. The lowest BCUT2D eigenvalue weighted by atomic mass is 10.1.